The molecule has 0 heterocycles. The van der Waals surface area contributed by atoms with Crippen molar-refractivity contribution in [3.63, 3.8) is 0 Å². The fraction of sp³-hybridized carbons (Fsp3) is 0.200. The molecule has 0 bridgehead atoms. The van der Waals surface area contributed by atoms with Crippen LogP contribution in [-0.2, 0) is 0 Å². The number of rotatable bonds is 0. The highest BCUT2D eigenvalue weighted by Gasteiger charge is 2.14. The number of aryl methyl sites for hydroxylation is 1. The number of hydrogen-bond acceptors (Lipinski definition) is 0. The van der Waals surface area contributed by atoms with Gasteiger partial charge in [0, 0.05) is 0 Å². The summed E-state index contributed by atoms with van der Waals surface area (Å²) in [4.78, 5) is 0. The van der Waals surface area contributed by atoms with Crippen LogP contribution in [0.15, 0.2) is 36.4 Å². The Bertz CT molecular complexity index is 562. The second-order valence-corrected chi connectivity index (χ2v) is 4.39. The molecule has 2 aromatic rings. The smallest absolute Gasteiger partial charge is 0.0000729 e. The Morgan fingerprint density at radius 1 is 1.07 bits per heavy atom. The van der Waals surface area contributed by atoms with Crippen molar-refractivity contribution in [1.82, 2.24) is 0 Å². The minimum atomic E-state index is 0.544. The molecule has 0 N–H and O–H groups in total. The van der Waals surface area contributed by atoms with E-state index < -0.39 is 0 Å². The van der Waals surface area contributed by atoms with Crippen molar-refractivity contribution in [2.75, 3.05) is 0 Å². The summed E-state index contributed by atoms with van der Waals surface area (Å²) in [6.07, 6.45) is 4.53. The normalized spacial score (nSPS) is 18.4. The monoisotopic (exact) mass is 194 g/mol. The van der Waals surface area contributed by atoms with E-state index in [9.17, 15) is 0 Å². The van der Waals surface area contributed by atoms with Crippen molar-refractivity contribution in [3.8, 4) is 0 Å². The van der Waals surface area contributed by atoms with Gasteiger partial charge in [-0.15, -0.1) is 0 Å². The Morgan fingerprint density at radius 2 is 1.93 bits per heavy atom. The summed E-state index contributed by atoms with van der Waals surface area (Å²) in [6, 6.07) is 11.1. The summed E-state index contributed by atoms with van der Waals surface area (Å²) in [5, 5.41) is 2.86. The first-order valence-corrected chi connectivity index (χ1v) is 5.48. The van der Waals surface area contributed by atoms with Crippen LogP contribution in [0.2, 0.25) is 0 Å². The molecule has 0 nitrogen and oxygen atoms in total. The summed E-state index contributed by atoms with van der Waals surface area (Å²) >= 11 is 0. The molecule has 3 rings (SSSR count). The van der Waals surface area contributed by atoms with Crippen LogP contribution < -0.4 is 0 Å². The molecule has 0 spiro atoms. The molecule has 0 saturated carbocycles. The Kier molecular flexibility index (Phi) is 1.72. The summed E-state index contributed by atoms with van der Waals surface area (Å²) < 4.78 is 0. The van der Waals surface area contributed by atoms with Gasteiger partial charge in [0.25, 0.3) is 0 Å². The topological polar surface area (TPSA) is 0 Å². The molecule has 0 aromatic heterocycles. The molecule has 1 aliphatic carbocycles. The van der Waals surface area contributed by atoms with Gasteiger partial charge in [-0.1, -0.05) is 49.4 Å². The van der Waals surface area contributed by atoms with Crippen molar-refractivity contribution < 1.29 is 0 Å². The molecule has 1 unspecified atom stereocenters. The maximum absolute atomic E-state index is 2.28. The molecule has 74 valence electrons. The van der Waals surface area contributed by atoms with Crippen LogP contribution in [0, 0.1) is 6.92 Å². The zero-order valence-corrected chi connectivity index (χ0v) is 9.12. The predicted octanol–water partition coefficient (Wildman–Crippen LogP) is 4.28. The zero-order chi connectivity index (χ0) is 10.4. The minimum absolute atomic E-state index is 0.544. The second kappa shape index (κ2) is 2.96. The first-order valence-electron chi connectivity index (χ1n) is 5.48. The highest BCUT2D eigenvalue weighted by atomic mass is 14.2. The van der Waals surface area contributed by atoms with Gasteiger partial charge in [-0.25, -0.2) is 0 Å². The number of benzene rings is 2. The molecule has 0 fully saturated rings. The molecule has 1 atom stereocenters. The second-order valence-electron chi connectivity index (χ2n) is 4.39. The van der Waals surface area contributed by atoms with Gasteiger partial charge in [0.15, 0.2) is 0 Å². The molecule has 0 aliphatic heterocycles. The molecule has 0 radical (unpaired) electrons. The fourth-order valence-corrected chi connectivity index (χ4v) is 2.48. The lowest BCUT2D eigenvalue weighted by Crippen LogP contribution is -1.98. The van der Waals surface area contributed by atoms with Crippen molar-refractivity contribution in [2.24, 2.45) is 0 Å². The van der Waals surface area contributed by atoms with E-state index in [1.807, 2.05) is 0 Å². The lowest BCUT2D eigenvalue weighted by molar-refractivity contribution is 0.978. The predicted molar refractivity (Wildman–Crippen MR) is 66.1 cm³/mol. The SMILES string of the molecule is Cc1ccc2c3c(cccc13)C=CC2C. The van der Waals surface area contributed by atoms with Crippen LogP contribution >= 0.6 is 0 Å². The molecule has 0 heteroatoms. The third-order valence-electron chi connectivity index (χ3n) is 3.38. The minimum Gasteiger partial charge on any atom is -0.0766 e. The maximum Gasteiger partial charge on any atom is -0.0000729 e. The van der Waals surface area contributed by atoms with Crippen LogP contribution in [0.4, 0.5) is 0 Å². The third-order valence-corrected chi connectivity index (χ3v) is 3.38. The van der Waals surface area contributed by atoms with E-state index >= 15 is 0 Å². The van der Waals surface area contributed by atoms with Crippen molar-refractivity contribution in [2.45, 2.75) is 19.8 Å². The zero-order valence-electron chi connectivity index (χ0n) is 9.12. The van der Waals surface area contributed by atoms with Gasteiger partial charge in [-0.3, -0.25) is 0 Å². The Hall–Kier alpha value is -1.56. The number of hydrogen-bond donors (Lipinski definition) is 0. The van der Waals surface area contributed by atoms with Gasteiger partial charge >= 0.3 is 0 Å². The van der Waals surface area contributed by atoms with E-state index in [1.165, 1.54) is 27.5 Å². The standard InChI is InChI=1S/C15H14/c1-10-6-8-12-4-3-5-13-11(2)7-9-14(10)15(12)13/h3-10H,1-2H3. The molecule has 15 heavy (non-hydrogen) atoms. The van der Waals surface area contributed by atoms with E-state index in [2.05, 4.69) is 56.3 Å². The van der Waals surface area contributed by atoms with Crippen LogP contribution in [0.1, 0.15) is 29.5 Å². The van der Waals surface area contributed by atoms with Gasteiger partial charge < -0.3 is 0 Å². The van der Waals surface area contributed by atoms with Crippen LogP contribution in [0.25, 0.3) is 16.8 Å². The van der Waals surface area contributed by atoms with Crippen molar-refractivity contribution in [1.29, 1.82) is 0 Å². The van der Waals surface area contributed by atoms with E-state index in [-0.39, 0.29) is 0 Å². The van der Waals surface area contributed by atoms with E-state index in [1.54, 1.807) is 0 Å². The van der Waals surface area contributed by atoms with Gasteiger partial charge in [0.05, 0.1) is 0 Å². The maximum atomic E-state index is 2.28. The number of allylic oxidation sites excluding steroid dienone is 1. The summed E-state index contributed by atoms with van der Waals surface area (Å²) in [7, 11) is 0. The Balaban J connectivity index is 2.53. The van der Waals surface area contributed by atoms with Gasteiger partial charge in [-0.05, 0) is 40.3 Å². The molecule has 0 amide bonds. The Morgan fingerprint density at radius 3 is 2.80 bits per heavy atom. The van der Waals surface area contributed by atoms with E-state index in [4.69, 9.17) is 0 Å². The van der Waals surface area contributed by atoms with Gasteiger partial charge in [0.1, 0.15) is 0 Å². The van der Waals surface area contributed by atoms with E-state index in [0.717, 1.165) is 0 Å². The first kappa shape index (κ1) is 8.72. The largest absolute Gasteiger partial charge is 0.0766 e. The Labute approximate surface area is 90.2 Å². The highest BCUT2D eigenvalue weighted by Crippen LogP contribution is 2.35. The van der Waals surface area contributed by atoms with Crippen molar-refractivity contribution >= 4 is 16.8 Å². The average Bonchev–Trinajstić information content (AvgIpc) is 2.26. The van der Waals surface area contributed by atoms with E-state index in [0.29, 0.717) is 5.92 Å². The summed E-state index contributed by atoms with van der Waals surface area (Å²) in [5.41, 5.74) is 4.20. The summed E-state index contributed by atoms with van der Waals surface area (Å²) in [5.74, 6) is 0.544. The highest BCUT2D eigenvalue weighted by molar-refractivity contribution is 5.97. The lowest BCUT2D eigenvalue weighted by atomic mass is 9.86. The quantitative estimate of drug-likeness (QED) is 0.587. The summed E-state index contributed by atoms with van der Waals surface area (Å²) in [6.45, 7) is 4.45. The molecule has 2 aromatic carbocycles. The lowest BCUT2D eigenvalue weighted by Gasteiger charge is -2.19. The first-order chi connectivity index (χ1) is 7.27. The van der Waals surface area contributed by atoms with Gasteiger partial charge in [0.2, 0.25) is 0 Å². The molecular formula is C15H14. The van der Waals surface area contributed by atoms with Crippen LogP contribution in [0.5, 0.6) is 0 Å². The van der Waals surface area contributed by atoms with Crippen LogP contribution in [0.3, 0.4) is 0 Å². The average molecular weight is 194 g/mol. The molecule has 1 aliphatic rings. The van der Waals surface area contributed by atoms with Gasteiger partial charge in [-0.2, -0.15) is 0 Å². The molecular weight excluding hydrogens is 180 g/mol. The van der Waals surface area contributed by atoms with Crippen molar-refractivity contribution in [3.05, 3.63) is 53.1 Å². The molecule has 0 saturated heterocycles. The fourth-order valence-electron chi connectivity index (χ4n) is 2.48. The van der Waals surface area contributed by atoms with Crippen LogP contribution in [-0.4, -0.2) is 0 Å². The third kappa shape index (κ3) is 1.14.